The minimum absolute atomic E-state index is 0.257. The molecule has 1 aliphatic rings. The van der Waals surface area contributed by atoms with Crippen molar-refractivity contribution in [3.63, 3.8) is 0 Å². The summed E-state index contributed by atoms with van der Waals surface area (Å²) in [5.41, 5.74) is 6.40. The fourth-order valence-corrected chi connectivity index (χ4v) is 2.60. The third-order valence-electron chi connectivity index (χ3n) is 3.60. The summed E-state index contributed by atoms with van der Waals surface area (Å²) in [4.78, 5) is 10.1. The molecule has 0 saturated carbocycles. The van der Waals surface area contributed by atoms with Crippen LogP contribution >= 0.6 is 0 Å². The molecule has 3 rings (SSSR count). The first-order valence-electron chi connectivity index (χ1n) is 6.36. The number of hydrogen-bond donors (Lipinski definition) is 1. The molecule has 20 heavy (non-hydrogen) atoms. The molecule has 6 heteroatoms. The van der Waals surface area contributed by atoms with E-state index in [0.717, 1.165) is 12.1 Å². The van der Waals surface area contributed by atoms with Crippen molar-refractivity contribution >= 4 is 5.82 Å². The maximum atomic E-state index is 13.9. The van der Waals surface area contributed by atoms with Gasteiger partial charge in [-0.1, -0.05) is 0 Å². The molecular weight excluding hydrogens is 262 g/mol. The van der Waals surface area contributed by atoms with Crippen LogP contribution in [0.25, 0.3) is 0 Å². The van der Waals surface area contributed by atoms with Crippen LogP contribution < -0.4 is 10.6 Å². The summed E-state index contributed by atoms with van der Waals surface area (Å²) in [6.45, 7) is 1.04. The summed E-state index contributed by atoms with van der Waals surface area (Å²) in [5, 5.41) is 0. The second-order valence-electron chi connectivity index (χ2n) is 4.90. The maximum Gasteiger partial charge on any atom is 0.147 e. The van der Waals surface area contributed by atoms with Crippen LogP contribution in [0.3, 0.4) is 0 Å². The quantitative estimate of drug-likeness (QED) is 0.907. The molecule has 0 bridgehead atoms. The Balaban J connectivity index is 1.87. The second-order valence-corrected chi connectivity index (χ2v) is 4.90. The van der Waals surface area contributed by atoms with Crippen LogP contribution in [0.2, 0.25) is 0 Å². The second kappa shape index (κ2) is 5.13. The molecule has 104 valence electrons. The van der Waals surface area contributed by atoms with Gasteiger partial charge in [0.2, 0.25) is 0 Å². The predicted octanol–water partition coefficient (Wildman–Crippen LogP) is 1.69. The molecule has 2 atom stereocenters. The number of benzene rings is 1. The number of nitrogens with zero attached hydrogens (tertiary/aromatic N) is 3. The summed E-state index contributed by atoms with van der Waals surface area (Å²) >= 11 is 0. The van der Waals surface area contributed by atoms with Gasteiger partial charge < -0.3 is 10.6 Å². The van der Waals surface area contributed by atoms with Gasteiger partial charge in [-0.3, -0.25) is 4.98 Å². The van der Waals surface area contributed by atoms with Crippen LogP contribution in [0, 0.1) is 11.6 Å². The topological polar surface area (TPSA) is 55.0 Å². The van der Waals surface area contributed by atoms with Crippen molar-refractivity contribution in [1.82, 2.24) is 9.97 Å². The third-order valence-corrected chi connectivity index (χ3v) is 3.60. The summed E-state index contributed by atoms with van der Waals surface area (Å²) in [6, 6.07) is 3.20. The summed E-state index contributed by atoms with van der Waals surface area (Å²) in [6.07, 6.45) is 4.82. The first kappa shape index (κ1) is 12.9. The van der Waals surface area contributed by atoms with Gasteiger partial charge in [-0.05, 0) is 23.8 Å². The van der Waals surface area contributed by atoms with E-state index in [1.807, 2.05) is 4.90 Å². The number of hydrogen-bond acceptors (Lipinski definition) is 4. The zero-order valence-electron chi connectivity index (χ0n) is 10.7. The van der Waals surface area contributed by atoms with Gasteiger partial charge in [0.05, 0.1) is 6.20 Å². The Kier molecular flexibility index (Phi) is 3.31. The SMILES string of the molecule is N[C@H]1CN(c2cnccn2)C[C@@H]1c1cc(F)ccc1F. The molecule has 0 radical (unpaired) electrons. The molecule has 0 unspecified atom stereocenters. The van der Waals surface area contributed by atoms with Gasteiger partial charge in [0.25, 0.3) is 0 Å². The third kappa shape index (κ3) is 2.34. The van der Waals surface area contributed by atoms with Crippen LogP contribution in [-0.4, -0.2) is 29.1 Å². The van der Waals surface area contributed by atoms with Crippen molar-refractivity contribution in [3.8, 4) is 0 Å². The highest BCUT2D eigenvalue weighted by molar-refractivity contribution is 5.41. The lowest BCUT2D eigenvalue weighted by atomic mass is 9.94. The molecule has 1 fully saturated rings. The van der Waals surface area contributed by atoms with E-state index in [2.05, 4.69) is 9.97 Å². The molecular formula is C14H14F2N4. The van der Waals surface area contributed by atoms with Gasteiger partial charge in [0.15, 0.2) is 0 Å². The Labute approximate surface area is 115 Å². The Morgan fingerprint density at radius 3 is 2.80 bits per heavy atom. The molecule has 1 saturated heterocycles. The van der Waals surface area contributed by atoms with Gasteiger partial charge in [0, 0.05) is 37.4 Å². The van der Waals surface area contributed by atoms with E-state index in [0.29, 0.717) is 24.5 Å². The Hall–Kier alpha value is -2.08. The van der Waals surface area contributed by atoms with Gasteiger partial charge in [-0.2, -0.15) is 0 Å². The monoisotopic (exact) mass is 276 g/mol. The molecule has 1 aromatic carbocycles. The number of rotatable bonds is 2. The van der Waals surface area contributed by atoms with E-state index in [4.69, 9.17) is 5.73 Å². The highest BCUT2D eigenvalue weighted by Gasteiger charge is 2.33. The average molecular weight is 276 g/mol. The summed E-state index contributed by atoms with van der Waals surface area (Å²) < 4.78 is 27.2. The van der Waals surface area contributed by atoms with Gasteiger partial charge in [-0.15, -0.1) is 0 Å². The van der Waals surface area contributed by atoms with Crippen LogP contribution in [0.5, 0.6) is 0 Å². The van der Waals surface area contributed by atoms with Crippen molar-refractivity contribution in [2.24, 2.45) is 5.73 Å². The number of anilines is 1. The normalized spacial score (nSPS) is 22.2. The minimum Gasteiger partial charge on any atom is -0.353 e. The fourth-order valence-electron chi connectivity index (χ4n) is 2.60. The lowest BCUT2D eigenvalue weighted by Gasteiger charge is -2.17. The Morgan fingerprint density at radius 2 is 2.05 bits per heavy atom. The molecule has 2 heterocycles. The lowest BCUT2D eigenvalue weighted by Crippen LogP contribution is -2.29. The van der Waals surface area contributed by atoms with Crippen molar-refractivity contribution < 1.29 is 8.78 Å². The highest BCUT2D eigenvalue weighted by atomic mass is 19.1. The van der Waals surface area contributed by atoms with Crippen LogP contribution in [0.15, 0.2) is 36.8 Å². The largest absolute Gasteiger partial charge is 0.353 e. The smallest absolute Gasteiger partial charge is 0.147 e. The molecule has 1 aromatic heterocycles. The number of halogens is 2. The van der Waals surface area contributed by atoms with E-state index in [9.17, 15) is 8.78 Å². The van der Waals surface area contributed by atoms with Crippen LogP contribution in [0.4, 0.5) is 14.6 Å². The molecule has 4 nitrogen and oxygen atoms in total. The standard InChI is InChI=1S/C14H14F2N4/c15-9-1-2-12(16)10(5-9)11-7-20(8-13(11)17)14-6-18-3-4-19-14/h1-6,11,13H,7-8,17H2/t11-,13+/m1/s1. The molecule has 1 aliphatic heterocycles. The summed E-state index contributed by atoms with van der Waals surface area (Å²) in [5.74, 6) is -0.436. The average Bonchev–Trinajstić information content (AvgIpc) is 2.84. The lowest BCUT2D eigenvalue weighted by molar-refractivity contribution is 0.551. The van der Waals surface area contributed by atoms with E-state index in [1.54, 1.807) is 18.6 Å². The van der Waals surface area contributed by atoms with E-state index in [-0.39, 0.29) is 12.0 Å². The molecule has 2 aromatic rings. The minimum atomic E-state index is -0.452. The van der Waals surface area contributed by atoms with Crippen molar-refractivity contribution in [2.45, 2.75) is 12.0 Å². The number of nitrogens with two attached hydrogens (primary N) is 1. The Morgan fingerprint density at radius 1 is 1.20 bits per heavy atom. The first-order valence-corrected chi connectivity index (χ1v) is 6.36. The van der Waals surface area contributed by atoms with E-state index < -0.39 is 11.6 Å². The molecule has 0 aliphatic carbocycles. The molecule has 2 N–H and O–H groups in total. The molecule has 0 spiro atoms. The van der Waals surface area contributed by atoms with E-state index >= 15 is 0 Å². The van der Waals surface area contributed by atoms with Crippen molar-refractivity contribution in [3.05, 3.63) is 54.0 Å². The highest BCUT2D eigenvalue weighted by Crippen LogP contribution is 2.30. The van der Waals surface area contributed by atoms with Gasteiger partial charge >= 0.3 is 0 Å². The zero-order valence-corrected chi connectivity index (χ0v) is 10.7. The fraction of sp³-hybridized carbons (Fsp3) is 0.286. The van der Waals surface area contributed by atoms with Crippen molar-refractivity contribution in [1.29, 1.82) is 0 Å². The maximum absolute atomic E-state index is 13.9. The van der Waals surface area contributed by atoms with Gasteiger partial charge in [0.1, 0.15) is 17.5 Å². The summed E-state index contributed by atoms with van der Waals surface area (Å²) in [7, 11) is 0. The van der Waals surface area contributed by atoms with Gasteiger partial charge in [-0.25, -0.2) is 13.8 Å². The number of aromatic nitrogens is 2. The zero-order chi connectivity index (χ0) is 14.1. The Bertz CT molecular complexity index is 605. The molecule has 0 amide bonds. The van der Waals surface area contributed by atoms with E-state index in [1.165, 1.54) is 6.07 Å². The first-order chi connectivity index (χ1) is 9.65. The van der Waals surface area contributed by atoms with Crippen LogP contribution in [-0.2, 0) is 0 Å². The van der Waals surface area contributed by atoms with Crippen LogP contribution in [0.1, 0.15) is 11.5 Å². The van der Waals surface area contributed by atoms with Crippen molar-refractivity contribution in [2.75, 3.05) is 18.0 Å². The predicted molar refractivity (Wildman–Crippen MR) is 71.3 cm³/mol.